The molecule has 4 rings (SSSR count). The first-order chi connectivity index (χ1) is 11.2. The molecule has 0 unspecified atom stereocenters. The van der Waals surface area contributed by atoms with Crippen LogP contribution >= 0.6 is 11.6 Å². The molecule has 0 spiro atoms. The van der Waals surface area contributed by atoms with Crippen LogP contribution in [0.25, 0.3) is 16.8 Å². The van der Waals surface area contributed by atoms with Gasteiger partial charge < -0.3 is 0 Å². The maximum absolute atomic E-state index is 12.3. The van der Waals surface area contributed by atoms with Crippen LogP contribution in [0.2, 0.25) is 5.02 Å². The molecule has 0 aliphatic rings. The maximum atomic E-state index is 12.3. The molecule has 0 bridgehead atoms. The van der Waals surface area contributed by atoms with Gasteiger partial charge in [0.2, 0.25) is 0 Å². The number of aromatic nitrogens is 5. The van der Waals surface area contributed by atoms with E-state index < -0.39 is 0 Å². The van der Waals surface area contributed by atoms with E-state index in [0.29, 0.717) is 22.9 Å². The minimum Gasteiger partial charge on any atom is -0.296 e. The molecule has 1 aromatic carbocycles. The second kappa shape index (κ2) is 5.40. The lowest BCUT2D eigenvalue weighted by Gasteiger charge is -2.03. The lowest BCUT2D eigenvalue weighted by Crippen LogP contribution is -2.17. The number of benzene rings is 1. The zero-order valence-corrected chi connectivity index (χ0v) is 12.7. The van der Waals surface area contributed by atoms with Crippen molar-refractivity contribution in [3.63, 3.8) is 0 Å². The van der Waals surface area contributed by atoms with Gasteiger partial charge in [-0.1, -0.05) is 23.7 Å². The van der Waals surface area contributed by atoms with Crippen LogP contribution in [-0.2, 0) is 6.54 Å². The van der Waals surface area contributed by atoms with Gasteiger partial charge in [-0.15, -0.1) is 0 Å². The maximum Gasteiger partial charge on any atom is 0.272 e. The molecule has 1 N–H and O–H groups in total. The van der Waals surface area contributed by atoms with E-state index in [1.54, 1.807) is 17.1 Å². The molecule has 7 heteroatoms. The van der Waals surface area contributed by atoms with E-state index in [4.69, 9.17) is 11.6 Å². The van der Waals surface area contributed by atoms with Gasteiger partial charge >= 0.3 is 0 Å². The minimum atomic E-state index is -0.155. The van der Waals surface area contributed by atoms with Crippen molar-refractivity contribution in [1.29, 1.82) is 0 Å². The quantitative estimate of drug-likeness (QED) is 0.629. The molecule has 3 heterocycles. The third kappa shape index (κ3) is 2.53. The van der Waals surface area contributed by atoms with Crippen LogP contribution < -0.4 is 5.56 Å². The Hall–Kier alpha value is -2.86. The van der Waals surface area contributed by atoms with Crippen LogP contribution in [0.4, 0.5) is 0 Å². The Morgan fingerprint density at radius 3 is 2.78 bits per heavy atom. The fourth-order valence-corrected chi connectivity index (χ4v) is 2.64. The Labute approximate surface area is 136 Å². The largest absolute Gasteiger partial charge is 0.296 e. The van der Waals surface area contributed by atoms with E-state index in [1.165, 1.54) is 10.6 Å². The molecule has 0 amide bonds. The lowest BCUT2D eigenvalue weighted by atomic mass is 10.1. The molecule has 114 valence electrons. The highest BCUT2D eigenvalue weighted by Crippen LogP contribution is 2.24. The minimum absolute atomic E-state index is 0.155. The fraction of sp³-hybridized carbons (Fsp3) is 0.0625. The van der Waals surface area contributed by atoms with E-state index in [0.717, 1.165) is 11.1 Å². The van der Waals surface area contributed by atoms with E-state index in [1.807, 2.05) is 36.5 Å². The van der Waals surface area contributed by atoms with E-state index in [2.05, 4.69) is 15.2 Å². The van der Waals surface area contributed by atoms with Crippen molar-refractivity contribution in [1.82, 2.24) is 24.4 Å². The zero-order valence-electron chi connectivity index (χ0n) is 12.0. The lowest BCUT2D eigenvalue weighted by molar-refractivity contribution is 0.669. The smallest absolute Gasteiger partial charge is 0.272 e. The van der Waals surface area contributed by atoms with Gasteiger partial charge in [0.05, 0.1) is 12.2 Å². The van der Waals surface area contributed by atoms with Gasteiger partial charge in [0.25, 0.3) is 5.56 Å². The zero-order chi connectivity index (χ0) is 15.8. The summed E-state index contributed by atoms with van der Waals surface area (Å²) in [5, 5.41) is 7.75. The highest BCUT2D eigenvalue weighted by atomic mass is 35.5. The molecule has 0 radical (unpaired) electrons. The molecular weight excluding hydrogens is 314 g/mol. The summed E-state index contributed by atoms with van der Waals surface area (Å²) in [6.07, 6.45) is 5.30. The number of halogens is 1. The van der Waals surface area contributed by atoms with Crippen LogP contribution in [0, 0.1) is 0 Å². The molecule has 0 fully saturated rings. The molecule has 23 heavy (non-hydrogen) atoms. The van der Waals surface area contributed by atoms with Gasteiger partial charge in [-0.3, -0.25) is 14.6 Å². The molecule has 0 saturated heterocycles. The summed E-state index contributed by atoms with van der Waals surface area (Å²) in [6.45, 7) is 0.448. The highest BCUT2D eigenvalue weighted by Gasteiger charge is 2.11. The number of nitrogens with zero attached hydrogens (tertiary/aromatic N) is 4. The number of H-pyrrole nitrogens is 1. The van der Waals surface area contributed by atoms with Gasteiger partial charge in [-0.2, -0.15) is 5.10 Å². The summed E-state index contributed by atoms with van der Waals surface area (Å²) in [5.74, 6) is 0. The second-order valence-electron chi connectivity index (χ2n) is 5.14. The molecule has 0 aliphatic carbocycles. The summed E-state index contributed by atoms with van der Waals surface area (Å²) in [7, 11) is 0. The first-order valence-corrected chi connectivity index (χ1v) is 7.42. The predicted molar refractivity (Wildman–Crippen MR) is 87.6 cm³/mol. The van der Waals surface area contributed by atoms with Crippen molar-refractivity contribution in [2.45, 2.75) is 6.54 Å². The summed E-state index contributed by atoms with van der Waals surface area (Å²) in [4.78, 5) is 16.9. The molecule has 6 nitrogen and oxygen atoms in total. The predicted octanol–water partition coefficient (Wildman–Crippen LogP) is 2.59. The molecule has 0 atom stereocenters. The van der Waals surface area contributed by atoms with Gasteiger partial charge in [0, 0.05) is 35.2 Å². The SMILES string of the molecule is O=c1cc(Cn2cccn2)nc2c(-c3ccc(Cl)cc3)c[nH]n12. The number of nitrogens with one attached hydrogen (secondary N) is 1. The Kier molecular flexibility index (Phi) is 3.24. The Balaban J connectivity index is 1.85. The van der Waals surface area contributed by atoms with Gasteiger partial charge in [0.1, 0.15) is 0 Å². The summed E-state index contributed by atoms with van der Waals surface area (Å²) in [5.41, 5.74) is 2.88. The topological polar surface area (TPSA) is 68.0 Å². The monoisotopic (exact) mass is 325 g/mol. The number of fused-ring (bicyclic) bond motifs is 1. The average molecular weight is 326 g/mol. The summed E-state index contributed by atoms with van der Waals surface area (Å²) >= 11 is 5.93. The number of hydrogen-bond donors (Lipinski definition) is 1. The van der Waals surface area contributed by atoms with Crippen LogP contribution in [0.3, 0.4) is 0 Å². The molecule has 0 saturated carbocycles. The molecular formula is C16H12ClN5O. The Morgan fingerprint density at radius 2 is 2.04 bits per heavy atom. The number of hydrogen-bond acceptors (Lipinski definition) is 3. The van der Waals surface area contributed by atoms with E-state index in [-0.39, 0.29) is 5.56 Å². The van der Waals surface area contributed by atoms with E-state index in [9.17, 15) is 4.79 Å². The summed E-state index contributed by atoms with van der Waals surface area (Å²) in [6, 6.07) is 10.8. The summed E-state index contributed by atoms with van der Waals surface area (Å²) < 4.78 is 3.16. The number of rotatable bonds is 3. The number of aromatic amines is 1. The molecule has 0 aliphatic heterocycles. The van der Waals surface area contributed by atoms with Crippen LogP contribution in [0.15, 0.2) is 59.8 Å². The second-order valence-corrected chi connectivity index (χ2v) is 5.58. The molecule has 3 aromatic heterocycles. The third-order valence-electron chi connectivity index (χ3n) is 3.59. The third-order valence-corrected chi connectivity index (χ3v) is 3.84. The Bertz CT molecular complexity index is 1010. The Morgan fingerprint density at radius 1 is 1.22 bits per heavy atom. The van der Waals surface area contributed by atoms with Crippen molar-refractivity contribution >= 4 is 17.2 Å². The van der Waals surface area contributed by atoms with Crippen LogP contribution in [-0.4, -0.2) is 24.4 Å². The fourth-order valence-electron chi connectivity index (χ4n) is 2.51. The van der Waals surface area contributed by atoms with Crippen molar-refractivity contribution < 1.29 is 0 Å². The first-order valence-electron chi connectivity index (χ1n) is 7.04. The van der Waals surface area contributed by atoms with E-state index >= 15 is 0 Å². The highest BCUT2D eigenvalue weighted by molar-refractivity contribution is 6.30. The van der Waals surface area contributed by atoms with Crippen molar-refractivity contribution in [2.24, 2.45) is 0 Å². The van der Waals surface area contributed by atoms with Gasteiger partial charge in [0.15, 0.2) is 5.65 Å². The molecule has 4 aromatic rings. The van der Waals surface area contributed by atoms with Crippen molar-refractivity contribution in [3.8, 4) is 11.1 Å². The normalized spacial score (nSPS) is 11.2. The van der Waals surface area contributed by atoms with Crippen LogP contribution in [0.1, 0.15) is 5.69 Å². The standard InChI is InChI=1S/C16H12ClN5O/c17-12-4-2-11(3-5-12)14-9-19-22-15(23)8-13(20-16(14)22)10-21-7-1-6-18-21/h1-9,19H,10H2. The van der Waals surface area contributed by atoms with Gasteiger partial charge in [-0.05, 0) is 23.8 Å². The van der Waals surface area contributed by atoms with Gasteiger partial charge in [-0.25, -0.2) is 9.50 Å². The van der Waals surface area contributed by atoms with Crippen molar-refractivity contribution in [3.05, 3.63) is 76.1 Å². The van der Waals surface area contributed by atoms with Crippen LogP contribution in [0.5, 0.6) is 0 Å². The average Bonchev–Trinajstić information content (AvgIpc) is 3.18. The van der Waals surface area contributed by atoms with Crippen molar-refractivity contribution in [2.75, 3.05) is 0 Å². The first kappa shape index (κ1) is 13.8.